The number of halogens is 2. The Morgan fingerprint density at radius 1 is 1.04 bits per heavy atom. The number of benzene rings is 2. The van der Waals surface area contributed by atoms with Crippen molar-refractivity contribution in [1.82, 2.24) is 4.98 Å². The van der Waals surface area contributed by atoms with E-state index in [4.69, 9.17) is 16.3 Å². The number of nitrogens with zero attached hydrogens (tertiary/aromatic N) is 1. The monoisotopic (exact) mass is 371 g/mol. The molecule has 0 aliphatic heterocycles. The van der Waals surface area contributed by atoms with E-state index >= 15 is 0 Å². The molecule has 0 aliphatic rings. The first-order chi connectivity index (χ1) is 12.5. The van der Waals surface area contributed by atoms with Crippen molar-refractivity contribution < 1.29 is 13.9 Å². The van der Waals surface area contributed by atoms with Crippen LogP contribution in [0.2, 0.25) is 5.02 Å². The van der Waals surface area contributed by atoms with Crippen molar-refractivity contribution in [2.45, 2.75) is 0 Å². The number of rotatable bonds is 5. The number of methoxy groups -OCH3 is 1. The number of carbonyl (C=O) groups excluding carboxylic acids is 1. The average Bonchev–Trinajstić information content (AvgIpc) is 2.65. The zero-order valence-corrected chi connectivity index (χ0v) is 14.5. The molecular weight excluding hydrogens is 357 g/mol. The summed E-state index contributed by atoms with van der Waals surface area (Å²) in [6, 6.07) is 14.5. The molecule has 0 saturated heterocycles. The summed E-state index contributed by atoms with van der Waals surface area (Å²) in [7, 11) is 1.57. The molecule has 5 nitrogen and oxygen atoms in total. The predicted octanol–water partition coefficient (Wildman–Crippen LogP) is 4.88. The first-order valence-corrected chi connectivity index (χ1v) is 8.06. The fourth-order valence-corrected chi connectivity index (χ4v) is 2.42. The molecule has 3 aromatic rings. The number of aromatic nitrogens is 1. The van der Waals surface area contributed by atoms with Crippen molar-refractivity contribution in [3.8, 4) is 5.75 Å². The highest BCUT2D eigenvalue weighted by Crippen LogP contribution is 2.23. The Morgan fingerprint density at radius 3 is 2.42 bits per heavy atom. The molecule has 0 unspecified atom stereocenters. The Hall–Kier alpha value is -3.12. The van der Waals surface area contributed by atoms with E-state index in [1.807, 2.05) is 0 Å². The summed E-state index contributed by atoms with van der Waals surface area (Å²) in [6.07, 6.45) is 1.51. The Bertz CT molecular complexity index is 932. The van der Waals surface area contributed by atoms with Crippen LogP contribution in [-0.4, -0.2) is 18.0 Å². The average molecular weight is 372 g/mol. The molecule has 0 atom stereocenters. The lowest BCUT2D eigenvalue weighted by molar-refractivity contribution is 0.102. The van der Waals surface area contributed by atoms with Crippen LogP contribution in [-0.2, 0) is 0 Å². The van der Waals surface area contributed by atoms with Crippen LogP contribution in [0.5, 0.6) is 5.75 Å². The topological polar surface area (TPSA) is 63.2 Å². The van der Waals surface area contributed by atoms with E-state index in [9.17, 15) is 9.18 Å². The minimum absolute atomic E-state index is 0.0153. The predicted molar refractivity (Wildman–Crippen MR) is 99.9 cm³/mol. The first-order valence-electron chi connectivity index (χ1n) is 7.69. The molecule has 0 fully saturated rings. The van der Waals surface area contributed by atoms with E-state index in [2.05, 4.69) is 15.6 Å². The van der Waals surface area contributed by atoms with Crippen molar-refractivity contribution in [1.29, 1.82) is 0 Å². The van der Waals surface area contributed by atoms with Gasteiger partial charge in [-0.2, -0.15) is 0 Å². The van der Waals surface area contributed by atoms with Crippen LogP contribution in [0.15, 0.2) is 60.8 Å². The van der Waals surface area contributed by atoms with E-state index < -0.39 is 5.82 Å². The maximum absolute atomic E-state index is 13.2. The van der Waals surface area contributed by atoms with Crippen LogP contribution in [0.3, 0.4) is 0 Å². The van der Waals surface area contributed by atoms with Crippen LogP contribution in [0.4, 0.5) is 21.5 Å². The molecule has 0 bridgehead atoms. The van der Waals surface area contributed by atoms with Gasteiger partial charge in [-0.15, -0.1) is 0 Å². The molecule has 26 heavy (non-hydrogen) atoms. The van der Waals surface area contributed by atoms with Crippen molar-refractivity contribution in [2.24, 2.45) is 0 Å². The van der Waals surface area contributed by atoms with E-state index in [0.29, 0.717) is 22.8 Å². The largest absolute Gasteiger partial charge is 0.497 e. The van der Waals surface area contributed by atoms with Gasteiger partial charge >= 0.3 is 0 Å². The van der Waals surface area contributed by atoms with Crippen LogP contribution in [0.1, 0.15) is 10.5 Å². The van der Waals surface area contributed by atoms with Crippen LogP contribution < -0.4 is 15.4 Å². The molecule has 3 rings (SSSR count). The molecule has 0 radical (unpaired) electrons. The Kier molecular flexibility index (Phi) is 5.34. The zero-order valence-electron chi connectivity index (χ0n) is 13.8. The highest BCUT2D eigenvalue weighted by atomic mass is 35.5. The minimum atomic E-state index is -0.494. The van der Waals surface area contributed by atoms with Crippen molar-refractivity contribution in [3.63, 3.8) is 0 Å². The van der Waals surface area contributed by atoms with Gasteiger partial charge in [0.25, 0.3) is 5.91 Å². The van der Waals surface area contributed by atoms with Crippen LogP contribution >= 0.6 is 11.6 Å². The molecule has 1 aromatic heterocycles. The fourth-order valence-electron chi connectivity index (χ4n) is 2.24. The van der Waals surface area contributed by atoms with E-state index in [-0.39, 0.29) is 16.6 Å². The van der Waals surface area contributed by atoms with E-state index in [0.717, 1.165) is 0 Å². The van der Waals surface area contributed by atoms with Crippen LogP contribution in [0, 0.1) is 5.82 Å². The number of carbonyl (C=O) groups is 1. The number of nitrogens with one attached hydrogen (secondary N) is 2. The standard InChI is InChI=1S/C19H15ClFN3O2/c1-26-15-5-2-12(3-6-15)24-19(25)18-11-14(8-9-22-18)23-13-4-7-17(21)16(20)10-13/h2-11H,1H3,(H,22,23)(H,24,25). The minimum Gasteiger partial charge on any atom is -0.497 e. The smallest absolute Gasteiger partial charge is 0.274 e. The van der Waals surface area contributed by atoms with Gasteiger partial charge in [0, 0.05) is 23.3 Å². The third-order valence-electron chi connectivity index (χ3n) is 3.55. The second-order valence-corrected chi connectivity index (χ2v) is 5.77. The third-order valence-corrected chi connectivity index (χ3v) is 3.84. The second-order valence-electron chi connectivity index (χ2n) is 5.37. The van der Waals surface area contributed by atoms with Gasteiger partial charge in [-0.25, -0.2) is 4.39 Å². The van der Waals surface area contributed by atoms with Crippen molar-refractivity contribution >= 4 is 34.6 Å². The molecule has 1 heterocycles. The molecule has 2 N–H and O–H groups in total. The van der Waals surface area contributed by atoms with Gasteiger partial charge in [-0.3, -0.25) is 9.78 Å². The lowest BCUT2D eigenvalue weighted by Gasteiger charge is -2.09. The van der Waals surface area contributed by atoms with Crippen molar-refractivity contribution in [2.75, 3.05) is 17.7 Å². The van der Waals surface area contributed by atoms with Gasteiger partial charge in [-0.1, -0.05) is 11.6 Å². The molecule has 0 saturated carbocycles. The maximum atomic E-state index is 13.2. The second kappa shape index (κ2) is 7.84. The number of hydrogen-bond donors (Lipinski definition) is 2. The normalized spacial score (nSPS) is 10.3. The Morgan fingerprint density at radius 2 is 1.73 bits per heavy atom. The molecule has 7 heteroatoms. The summed E-state index contributed by atoms with van der Waals surface area (Å²) < 4.78 is 18.3. The SMILES string of the molecule is COc1ccc(NC(=O)c2cc(Nc3ccc(F)c(Cl)c3)ccn2)cc1. The maximum Gasteiger partial charge on any atom is 0.274 e. The van der Waals surface area contributed by atoms with E-state index in [1.54, 1.807) is 49.6 Å². The number of anilines is 3. The number of amides is 1. The molecule has 132 valence electrons. The fraction of sp³-hybridized carbons (Fsp3) is 0.0526. The van der Waals surface area contributed by atoms with Gasteiger partial charge in [-0.05, 0) is 54.6 Å². The van der Waals surface area contributed by atoms with Crippen molar-refractivity contribution in [3.05, 3.63) is 77.3 Å². The lowest BCUT2D eigenvalue weighted by Crippen LogP contribution is -2.13. The quantitative estimate of drug-likeness (QED) is 0.671. The molecular formula is C19H15ClFN3O2. The summed E-state index contributed by atoms with van der Waals surface area (Å²) in [5.41, 5.74) is 2.09. The zero-order chi connectivity index (χ0) is 18.5. The summed E-state index contributed by atoms with van der Waals surface area (Å²) >= 11 is 5.77. The first kappa shape index (κ1) is 17.7. The van der Waals surface area contributed by atoms with Gasteiger partial charge in [0.1, 0.15) is 17.3 Å². The Labute approximate surface area is 154 Å². The summed E-state index contributed by atoms with van der Waals surface area (Å²) in [6.45, 7) is 0. The van der Waals surface area contributed by atoms with Gasteiger partial charge in [0.05, 0.1) is 12.1 Å². The summed E-state index contributed by atoms with van der Waals surface area (Å²) in [5, 5.41) is 5.84. The molecule has 1 amide bonds. The number of pyridine rings is 1. The summed E-state index contributed by atoms with van der Waals surface area (Å²) in [4.78, 5) is 16.4. The molecule has 0 aliphatic carbocycles. The number of ether oxygens (including phenoxy) is 1. The van der Waals surface area contributed by atoms with Gasteiger partial charge in [0.15, 0.2) is 0 Å². The number of hydrogen-bond acceptors (Lipinski definition) is 4. The molecule has 0 spiro atoms. The highest BCUT2D eigenvalue weighted by Gasteiger charge is 2.09. The molecule has 2 aromatic carbocycles. The van der Waals surface area contributed by atoms with Gasteiger partial charge in [0.2, 0.25) is 0 Å². The third kappa shape index (κ3) is 4.29. The lowest BCUT2D eigenvalue weighted by atomic mass is 10.2. The van der Waals surface area contributed by atoms with E-state index in [1.165, 1.54) is 18.3 Å². The highest BCUT2D eigenvalue weighted by molar-refractivity contribution is 6.31. The Balaban J connectivity index is 1.73. The van der Waals surface area contributed by atoms with Crippen LogP contribution in [0.25, 0.3) is 0 Å². The summed E-state index contributed by atoms with van der Waals surface area (Å²) in [5.74, 6) is -0.146. The van der Waals surface area contributed by atoms with Gasteiger partial charge < -0.3 is 15.4 Å².